The molecule has 0 aliphatic rings. The molecule has 3 rings (SSSR count). The van der Waals surface area contributed by atoms with Crippen LogP contribution in [0.4, 0.5) is 10.1 Å². The summed E-state index contributed by atoms with van der Waals surface area (Å²) in [5.74, 6) is -0.462. The Kier molecular flexibility index (Phi) is 5.53. The van der Waals surface area contributed by atoms with Gasteiger partial charge in [0.25, 0.3) is 0 Å². The number of hydrogen-bond acceptors (Lipinski definition) is 4. The molecule has 2 aromatic carbocycles. The second-order valence-electron chi connectivity index (χ2n) is 5.82. The van der Waals surface area contributed by atoms with Crippen LogP contribution in [0.15, 0.2) is 53.9 Å². The highest BCUT2D eigenvalue weighted by Crippen LogP contribution is 2.23. The van der Waals surface area contributed by atoms with Gasteiger partial charge in [-0.15, -0.1) is 11.3 Å². The predicted molar refractivity (Wildman–Crippen MR) is 101 cm³/mol. The van der Waals surface area contributed by atoms with E-state index in [1.807, 2.05) is 5.38 Å². The van der Waals surface area contributed by atoms with Crippen molar-refractivity contribution < 1.29 is 14.0 Å². The molecule has 0 fully saturated rings. The number of aromatic nitrogens is 1. The van der Waals surface area contributed by atoms with Gasteiger partial charge in [0.1, 0.15) is 5.82 Å². The van der Waals surface area contributed by atoms with E-state index in [2.05, 4.69) is 10.3 Å². The van der Waals surface area contributed by atoms with Crippen LogP contribution < -0.4 is 5.32 Å². The molecule has 26 heavy (non-hydrogen) atoms. The highest BCUT2D eigenvalue weighted by atomic mass is 32.1. The highest BCUT2D eigenvalue weighted by Gasteiger charge is 2.09. The van der Waals surface area contributed by atoms with Gasteiger partial charge in [0.15, 0.2) is 5.78 Å². The van der Waals surface area contributed by atoms with Crippen molar-refractivity contribution in [2.75, 3.05) is 5.32 Å². The van der Waals surface area contributed by atoms with Gasteiger partial charge >= 0.3 is 0 Å². The minimum atomic E-state index is -0.283. The van der Waals surface area contributed by atoms with E-state index in [9.17, 15) is 14.0 Å². The number of Topliss-reactive ketones (excluding diaryl/α,β-unsaturated/α-hetero) is 1. The van der Waals surface area contributed by atoms with Crippen LogP contribution in [-0.2, 0) is 11.2 Å². The van der Waals surface area contributed by atoms with Gasteiger partial charge in [-0.05, 0) is 43.3 Å². The summed E-state index contributed by atoms with van der Waals surface area (Å²) >= 11 is 1.47. The number of carbonyl (C=O) groups is 2. The van der Waals surface area contributed by atoms with Crippen LogP contribution in [0.1, 0.15) is 28.7 Å². The molecule has 0 spiro atoms. The second kappa shape index (κ2) is 8.01. The molecular weight excluding hydrogens is 351 g/mol. The molecule has 0 atom stereocenters. The fourth-order valence-corrected chi connectivity index (χ4v) is 3.25. The minimum absolute atomic E-state index is 0.0443. The number of carbonyl (C=O) groups excluding carboxylic acids is 2. The van der Waals surface area contributed by atoms with Gasteiger partial charge < -0.3 is 5.32 Å². The van der Waals surface area contributed by atoms with Crippen molar-refractivity contribution >= 4 is 28.7 Å². The van der Waals surface area contributed by atoms with Gasteiger partial charge in [-0.25, -0.2) is 9.37 Å². The predicted octanol–water partition coefficient (Wildman–Crippen LogP) is 4.72. The Bertz CT molecular complexity index is 935. The zero-order chi connectivity index (χ0) is 18.5. The summed E-state index contributed by atoms with van der Waals surface area (Å²) in [4.78, 5) is 28.0. The van der Waals surface area contributed by atoms with Crippen LogP contribution in [0.2, 0.25) is 0 Å². The van der Waals surface area contributed by atoms with Gasteiger partial charge in [-0.3, -0.25) is 9.59 Å². The molecule has 4 nitrogen and oxygen atoms in total. The minimum Gasteiger partial charge on any atom is -0.326 e. The Balaban J connectivity index is 1.57. The molecule has 0 radical (unpaired) electrons. The SMILES string of the molecule is CC(=O)c1cccc(NC(=O)CCc2nc(-c3ccc(F)cc3)cs2)c1. The standard InChI is InChI=1S/C20H17FN2O2S/c1-13(24)15-3-2-4-17(11-15)22-19(25)9-10-20-23-18(12-26-20)14-5-7-16(21)8-6-14/h2-8,11-12H,9-10H2,1H3,(H,22,25). The summed E-state index contributed by atoms with van der Waals surface area (Å²) < 4.78 is 13.0. The number of halogens is 1. The monoisotopic (exact) mass is 368 g/mol. The van der Waals surface area contributed by atoms with E-state index < -0.39 is 0 Å². The first-order chi connectivity index (χ1) is 12.5. The van der Waals surface area contributed by atoms with Gasteiger partial charge in [-0.2, -0.15) is 0 Å². The number of rotatable bonds is 6. The molecule has 132 valence electrons. The maximum Gasteiger partial charge on any atom is 0.224 e. The Morgan fingerprint density at radius 3 is 2.65 bits per heavy atom. The van der Waals surface area contributed by atoms with E-state index in [1.54, 1.807) is 36.4 Å². The highest BCUT2D eigenvalue weighted by molar-refractivity contribution is 7.09. The lowest BCUT2D eigenvalue weighted by molar-refractivity contribution is -0.116. The van der Waals surface area contributed by atoms with Crippen LogP contribution in [-0.4, -0.2) is 16.7 Å². The molecule has 1 aromatic heterocycles. The number of anilines is 1. The zero-order valence-corrected chi connectivity index (χ0v) is 15.0. The third-order valence-corrected chi connectivity index (χ3v) is 4.72. The normalized spacial score (nSPS) is 10.5. The number of ketones is 1. The number of aryl methyl sites for hydroxylation is 1. The van der Waals surface area contributed by atoms with Gasteiger partial charge in [0.2, 0.25) is 5.91 Å². The number of thiazole rings is 1. The van der Waals surface area contributed by atoms with Gasteiger partial charge in [0.05, 0.1) is 10.7 Å². The number of benzene rings is 2. The van der Waals surface area contributed by atoms with Crippen molar-refractivity contribution in [3.63, 3.8) is 0 Å². The first-order valence-electron chi connectivity index (χ1n) is 8.12. The molecule has 1 heterocycles. The maximum absolute atomic E-state index is 13.0. The lowest BCUT2D eigenvalue weighted by Crippen LogP contribution is -2.12. The fraction of sp³-hybridized carbons (Fsp3) is 0.150. The van der Waals surface area contributed by atoms with Crippen molar-refractivity contribution in [3.05, 3.63) is 70.3 Å². The lowest BCUT2D eigenvalue weighted by Gasteiger charge is -2.05. The summed E-state index contributed by atoms with van der Waals surface area (Å²) in [5.41, 5.74) is 2.79. The van der Waals surface area contributed by atoms with E-state index in [0.717, 1.165) is 16.3 Å². The number of nitrogens with one attached hydrogen (secondary N) is 1. The van der Waals surface area contributed by atoms with Crippen LogP contribution in [0, 0.1) is 5.82 Å². The third kappa shape index (κ3) is 4.61. The average Bonchev–Trinajstić information content (AvgIpc) is 3.10. The average molecular weight is 368 g/mol. The van der Waals surface area contributed by atoms with E-state index in [-0.39, 0.29) is 17.5 Å². The molecule has 0 bridgehead atoms. The Hall–Kier alpha value is -2.86. The molecule has 0 saturated carbocycles. The van der Waals surface area contributed by atoms with Crippen molar-refractivity contribution in [2.24, 2.45) is 0 Å². The number of hydrogen-bond donors (Lipinski definition) is 1. The molecule has 1 amide bonds. The summed E-state index contributed by atoms with van der Waals surface area (Å²) in [6, 6.07) is 13.0. The van der Waals surface area contributed by atoms with Gasteiger partial charge in [-0.1, -0.05) is 12.1 Å². The van der Waals surface area contributed by atoms with Crippen LogP contribution in [0.25, 0.3) is 11.3 Å². The maximum atomic E-state index is 13.0. The van der Waals surface area contributed by atoms with Crippen LogP contribution in [0.3, 0.4) is 0 Å². The van der Waals surface area contributed by atoms with E-state index in [4.69, 9.17) is 0 Å². The van der Waals surface area contributed by atoms with Gasteiger partial charge in [0, 0.05) is 35.0 Å². The molecule has 0 aliphatic heterocycles. The topological polar surface area (TPSA) is 59.1 Å². The molecule has 0 saturated heterocycles. The zero-order valence-electron chi connectivity index (χ0n) is 14.2. The van der Waals surface area contributed by atoms with Crippen molar-refractivity contribution in [1.82, 2.24) is 4.98 Å². The molecule has 1 N–H and O–H groups in total. The number of nitrogens with zero attached hydrogens (tertiary/aromatic N) is 1. The van der Waals surface area contributed by atoms with Crippen LogP contribution in [0.5, 0.6) is 0 Å². The quantitative estimate of drug-likeness (QED) is 0.640. The van der Waals surface area contributed by atoms with Crippen molar-refractivity contribution in [1.29, 1.82) is 0 Å². The van der Waals surface area contributed by atoms with Crippen molar-refractivity contribution in [2.45, 2.75) is 19.8 Å². The first kappa shape index (κ1) is 17.9. The molecule has 3 aromatic rings. The van der Waals surface area contributed by atoms with Crippen molar-refractivity contribution in [3.8, 4) is 11.3 Å². The Labute approximate surface area is 154 Å². The summed E-state index contributed by atoms with van der Waals surface area (Å²) in [6.45, 7) is 1.49. The summed E-state index contributed by atoms with van der Waals surface area (Å²) in [6.07, 6.45) is 0.810. The lowest BCUT2D eigenvalue weighted by atomic mass is 10.1. The van der Waals surface area contributed by atoms with E-state index in [0.29, 0.717) is 24.1 Å². The smallest absolute Gasteiger partial charge is 0.224 e. The van der Waals surface area contributed by atoms with Crippen LogP contribution >= 0.6 is 11.3 Å². The molecule has 0 unspecified atom stereocenters. The number of amides is 1. The molecular formula is C20H17FN2O2S. The van der Waals surface area contributed by atoms with E-state index >= 15 is 0 Å². The first-order valence-corrected chi connectivity index (χ1v) is 9.00. The third-order valence-electron chi connectivity index (χ3n) is 3.81. The fourth-order valence-electron chi connectivity index (χ4n) is 2.44. The second-order valence-corrected chi connectivity index (χ2v) is 6.76. The Morgan fingerprint density at radius 1 is 1.15 bits per heavy atom. The molecule has 6 heteroatoms. The summed E-state index contributed by atoms with van der Waals surface area (Å²) in [5, 5.41) is 5.54. The Morgan fingerprint density at radius 2 is 1.92 bits per heavy atom. The summed E-state index contributed by atoms with van der Waals surface area (Å²) in [7, 11) is 0. The largest absolute Gasteiger partial charge is 0.326 e. The van der Waals surface area contributed by atoms with E-state index in [1.165, 1.54) is 30.4 Å². The molecule has 0 aliphatic carbocycles.